The van der Waals surface area contributed by atoms with Crippen LogP contribution < -0.4 is 0 Å². The molecule has 0 aromatic heterocycles. The lowest BCUT2D eigenvalue weighted by Crippen LogP contribution is -2.16. The maximum atomic E-state index is 2.38. The molecule has 0 aromatic rings. The van der Waals surface area contributed by atoms with E-state index in [2.05, 4.69) is 71.9 Å². The number of allylic oxidation sites excluding steroid dienone is 8. The second-order valence-electron chi connectivity index (χ2n) is 6.96. The summed E-state index contributed by atoms with van der Waals surface area (Å²) in [5.41, 5.74) is 4.55. The first-order chi connectivity index (χ1) is 9.36. The summed E-state index contributed by atoms with van der Waals surface area (Å²) in [6, 6.07) is 0. The Labute approximate surface area is 126 Å². The number of hydrogen-bond donors (Lipinski definition) is 0. The van der Waals surface area contributed by atoms with Crippen molar-refractivity contribution in [1.29, 1.82) is 0 Å². The minimum atomic E-state index is 0.270. The van der Waals surface area contributed by atoms with Crippen molar-refractivity contribution in [3.8, 4) is 0 Å². The average molecular weight is 272 g/mol. The molecule has 0 N–H and O–H groups in total. The summed E-state index contributed by atoms with van der Waals surface area (Å²) < 4.78 is 0. The van der Waals surface area contributed by atoms with Crippen LogP contribution in [-0.2, 0) is 0 Å². The maximum Gasteiger partial charge on any atom is -0.00664 e. The molecule has 1 aliphatic rings. The molecule has 0 fully saturated rings. The third kappa shape index (κ3) is 5.15. The van der Waals surface area contributed by atoms with Crippen molar-refractivity contribution in [2.45, 2.75) is 67.2 Å². The molecule has 0 heterocycles. The third-order valence-corrected chi connectivity index (χ3v) is 4.49. The van der Waals surface area contributed by atoms with Crippen LogP contribution >= 0.6 is 0 Å². The highest BCUT2D eigenvalue weighted by Crippen LogP contribution is 2.37. The first-order valence-corrected chi connectivity index (χ1v) is 8.09. The lowest BCUT2D eigenvalue weighted by Gasteiger charge is -2.29. The van der Waals surface area contributed by atoms with Gasteiger partial charge in [0.05, 0.1) is 0 Å². The Morgan fingerprint density at radius 2 is 2.10 bits per heavy atom. The smallest absolute Gasteiger partial charge is 0.00664 e. The fourth-order valence-corrected chi connectivity index (χ4v) is 2.70. The molecule has 0 heteroatoms. The number of rotatable bonds is 6. The largest absolute Gasteiger partial charge is 0.0834 e. The normalized spacial score (nSPS) is 20.8. The second-order valence-corrected chi connectivity index (χ2v) is 6.96. The summed E-state index contributed by atoms with van der Waals surface area (Å²) in [5.74, 6) is 0.843. The van der Waals surface area contributed by atoms with Crippen molar-refractivity contribution in [2.24, 2.45) is 11.3 Å². The van der Waals surface area contributed by atoms with Crippen molar-refractivity contribution in [3.05, 3.63) is 47.1 Å². The Balaban J connectivity index is 2.67. The topological polar surface area (TPSA) is 0 Å². The van der Waals surface area contributed by atoms with Crippen molar-refractivity contribution < 1.29 is 0 Å². The lowest BCUT2D eigenvalue weighted by atomic mass is 9.75. The number of hydrogen-bond acceptors (Lipinski definition) is 0. The van der Waals surface area contributed by atoms with E-state index in [1.807, 2.05) is 0 Å². The van der Waals surface area contributed by atoms with Crippen LogP contribution in [0.1, 0.15) is 67.2 Å². The van der Waals surface area contributed by atoms with Crippen molar-refractivity contribution in [3.63, 3.8) is 0 Å². The van der Waals surface area contributed by atoms with E-state index < -0.39 is 0 Å². The van der Waals surface area contributed by atoms with Gasteiger partial charge >= 0.3 is 0 Å². The van der Waals surface area contributed by atoms with Gasteiger partial charge in [-0.2, -0.15) is 0 Å². The molecule has 0 amide bonds. The first kappa shape index (κ1) is 17.0. The molecular weight excluding hydrogens is 240 g/mol. The van der Waals surface area contributed by atoms with Gasteiger partial charge in [-0.15, -0.1) is 0 Å². The molecule has 0 aromatic carbocycles. The van der Waals surface area contributed by atoms with E-state index in [0.29, 0.717) is 0 Å². The van der Waals surface area contributed by atoms with Crippen molar-refractivity contribution >= 4 is 0 Å². The van der Waals surface area contributed by atoms with Gasteiger partial charge in [0.25, 0.3) is 0 Å². The molecule has 1 atom stereocenters. The molecule has 0 saturated carbocycles. The molecule has 0 radical (unpaired) electrons. The van der Waals surface area contributed by atoms with Gasteiger partial charge in [-0.25, -0.2) is 0 Å². The zero-order valence-electron chi connectivity index (χ0n) is 14.3. The minimum absolute atomic E-state index is 0.270. The van der Waals surface area contributed by atoms with Crippen LogP contribution in [0.4, 0.5) is 0 Å². The molecule has 20 heavy (non-hydrogen) atoms. The maximum absolute atomic E-state index is 2.38. The van der Waals surface area contributed by atoms with E-state index in [1.165, 1.54) is 36.0 Å². The van der Waals surface area contributed by atoms with Gasteiger partial charge in [0.1, 0.15) is 0 Å². The highest BCUT2D eigenvalue weighted by molar-refractivity contribution is 5.41. The molecule has 0 bridgehead atoms. The van der Waals surface area contributed by atoms with E-state index in [1.54, 1.807) is 0 Å². The van der Waals surface area contributed by atoms with E-state index >= 15 is 0 Å². The van der Waals surface area contributed by atoms with Crippen molar-refractivity contribution in [1.82, 2.24) is 0 Å². The van der Waals surface area contributed by atoms with Crippen LogP contribution in [-0.4, -0.2) is 0 Å². The van der Waals surface area contributed by atoms with Gasteiger partial charge in [0.15, 0.2) is 0 Å². The quantitative estimate of drug-likeness (QED) is 0.477. The molecule has 0 nitrogen and oxygen atoms in total. The highest BCUT2D eigenvalue weighted by atomic mass is 14.3. The summed E-state index contributed by atoms with van der Waals surface area (Å²) in [4.78, 5) is 0. The average Bonchev–Trinajstić information content (AvgIpc) is 2.37. The summed E-state index contributed by atoms with van der Waals surface area (Å²) in [6.45, 7) is 13.7. The fraction of sp³-hybridized carbons (Fsp3) is 0.600. The van der Waals surface area contributed by atoms with Gasteiger partial charge in [-0.3, -0.25) is 0 Å². The van der Waals surface area contributed by atoms with Crippen LogP contribution in [0, 0.1) is 11.3 Å². The van der Waals surface area contributed by atoms with E-state index in [0.717, 1.165) is 12.3 Å². The van der Waals surface area contributed by atoms with Gasteiger partial charge in [0, 0.05) is 0 Å². The van der Waals surface area contributed by atoms with Crippen molar-refractivity contribution in [2.75, 3.05) is 0 Å². The molecule has 1 aliphatic carbocycles. The van der Waals surface area contributed by atoms with Crippen LogP contribution in [0.3, 0.4) is 0 Å². The summed E-state index contributed by atoms with van der Waals surface area (Å²) >= 11 is 0. The predicted molar refractivity (Wildman–Crippen MR) is 91.8 cm³/mol. The Kier molecular flexibility index (Phi) is 6.52. The standard InChI is InChI=1S/C20H32/c1-7-16(2)10-8-11-17(3)13-14-19-18(4)12-9-15-20(19,5)6/h9,11-14,16H,7-8,10,15H2,1-6H3/b14-13+,17-11+. The zero-order chi connectivity index (χ0) is 15.2. The minimum Gasteiger partial charge on any atom is -0.0834 e. The SMILES string of the molecule is CCC(C)CC/C=C(C)/C=C/C1=C(C)C=CCC1(C)C. The third-order valence-electron chi connectivity index (χ3n) is 4.49. The molecule has 0 spiro atoms. The fourth-order valence-electron chi connectivity index (χ4n) is 2.70. The molecular formula is C20H32. The Morgan fingerprint density at radius 1 is 1.40 bits per heavy atom. The first-order valence-electron chi connectivity index (χ1n) is 8.09. The van der Waals surface area contributed by atoms with Gasteiger partial charge in [0.2, 0.25) is 0 Å². The molecule has 112 valence electrons. The van der Waals surface area contributed by atoms with Crippen LogP contribution in [0.25, 0.3) is 0 Å². The monoisotopic (exact) mass is 272 g/mol. The lowest BCUT2D eigenvalue weighted by molar-refractivity contribution is 0.456. The summed E-state index contributed by atoms with van der Waals surface area (Å²) in [7, 11) is 0. The zero-order valence-corrected chi connectivity index (χ0v) is 14.3. The predicted octanol–water partition coefficient (Wildman–Crippen LogP) is 6.62. The Bertz CT molecular complexity index is 427. The Morgan fingerprint density at radius 3 is 2.70 bits per heavy atom. The highest BCUT2D eigenvalue weighted by Gasteiger charge is 2.23. The van der Waals surface area contributed by atoms with Crippen LogP contribution in [0.5, 0.6) is 0 Å². The van der Waals surface area contributed by atoms with Gasteiger partial charge < -0.3 is 0 Å². The van der Waals surface area contributed by atoms with E-state index in [-0.39, 0.29) is 5.41 Å². The summed E-state index contributed by atoms with van der Waals surface area (Å²) in [5, 5.41) is 0. The van der Waals surface area contributed by atoms with Crippen LogP contribution in [0.15, 0.2) is 47.1 Å². The molecule has 1 unspecified atom stereocenters. The second kappa shape index (κ2) is 7.67. The van der Waals surface area contributed by atoms with Gasteiger partial charge in [-0.1, -0.05) is 70.1 Å². The van der Waals surface area contributed by atoms with Crippen LogP contribution in [0.2, 0.25) is 0 Å². The summed E-state index contributed by atoms with van der Waals surface area (Å²) in [6.07, 6.45) is 16.5. The van der Waals surface area contributed by atoms with E-state index in [9.17, 15) is 0 Å². The van der Waals surface area contributed by atoms with E-state index in [4.69, 9.17) is 0 Å². The Hall–Kier alpha value is -1.04. The molecule has 0 saturated heterocycles. The molecule has 1 rings (SSSR count). The van der Waals surface area contributed by atoms with Gasteiger partial charge in [-0.05, 0) is 55.6 Å². The molecule has 0 aliphatic heterocycles.